The van der Waals surface area contributed by atoms with Crippen LogP contribution in [-0.4, -0.2) is 29.8 Å². The molecule has 1 aliphatic heterocycles. The molecule has 0 aromatic carbocycles. The molecule has 7 heteroatoms. The van der Waals surface area contributed by atoms with Crippen molar-refractivity contribution in [2.75, 3.05) is 18.4 Å². The molecule has 3 rings (SSSR count). The fourth-order valence-electron chi connectivity index (χ4n) is 2.44. The molecule has 2 aromatic rings. The Morgan fingerprint density at radius 2 is 2.14 bits per heavy atom. The van der Waals surface area contributed by atoms with E-state index in [9.17, 15) is 9.59 Å². The lowest BCUT2D eigenvalue weighted by Crippen LogP contribution is -2.26. The van der Waals surface area contributed by atoms with Gasteiger partial charge in [-0.25, -0.2) is 4.98 Å². The lowest BCUT2D eigenvalue weighted by atomic mass is 9.97. The average molecular weight is 335 g/mol. The highest BCUT2D eigenvalue weighted by molar-refractivity contribution is 7.16. The van der Waals surface area contributed by atoms with Crippen LogP contribution in [0.3, 0.4) is 0 Å². The second-order valence-electron chi connectivity index (χ2n) is 5.30. The van der Waals surface area contributed by atoms with Gasteiger partial charge in [0.05, 0.1) is 4.88 Å². The molecule has 0 saturated carbocycles. The van der Waals surface area contributed by atoms with Crippen LogP contribution in [-0.2, 0) is 0 Å². The highest BCUT2D eigenvalue weighted by Gasteiger charge is 2.19. The third-order valence-corrected chi connectivity index (χ3v) is 5.72. The molecule has 0 aliphatic carbocycles. The molecular weight excluding hydrogens is 318 g/mol. The fourth-order valence-corrected chi connectivity index (χ4v) is 4.26. The van der Waals surface area contributed by atoms with Crippen LogP contribution in [0.2, 0.25) is 0 Å². The number of rotatable bonds is 4. The topological polar surface area (TPSA) is 71.1 Å². The minimum absolute atomic E-state index is 0.0299. The van der Waals surface area contributed by atoms with Crippen LogP contribution in [0.15, 0.2) is 17.6 Å². The summed E-state index contributed by atoms with van der Waals surface area (Å²) in [5.41, 5.74) is 0.574. The first kappa shape index (κ1) is 15.3. The summed E-state index contributed by atoms with van der Waals surface area (Å²) < 4.78 is 0. The second-order valence-corrected chi connectivity index (χ2v) is 7.28. The molecule has 1 saturated heterocycles. The third kappa shape index (κ3) is 3.43. The van der Waals surface area contributed by atoms with E-state index in [1.54, 1.807) is 22.8 Å². The number of carbonyl (C=O) groups is 2. The molecule has 22 heavy (non-hydrogen) atoms. The first-order valence-corrected chi connectivity index (χ1v) is 8.90. The summed E-state index contributed by atoms with van der Waals surface area (Å²) in [6, 6.07) is 1.63. The molecule has 116 valence electrons. The van der Waals surface area contributed by atoms with E-state index in [4.69, 9.17) is 0 Å². The van der Waals surface area contributed by atoms with Crippen LogP contribution in [0.4, 0.5) is 5.13 Å². The van der Waals surface area contributed by atoms with Gasteiger partial charge in [-0.05, 0) is 44.8 Å². The van der Waals surface area contributed by atoms with Crippen molar-refractivity contribution in [1.82, 2.24) is 10.3 Å². The number of thiazole rings is 1. The van der Waals surface area contributed by atoms with E-state index in [1.807, 2.05) is 6.20 Å². The van der Waals surface area contributed by atoms with E-state index in [0.717, 1.165) is 25.9 Å². The van der Waals surface area contributed by atoms with Gasteiger partial charge in [0, 0.05) is 22.0 Å². The number of ketones is 1. The van der Waals surface area contributed by atoms with E-state index in [2.05, 4.69) is 15.6 Å². The van der Waals surface area contributed by atoms with Crippen molar-refractivity contribution in [3.63, 3.8) is 0 Å². The maximum Gasteiger partial charge on any atom is 0.267 e. The maximum absolute atomic E-state index is 12.2. The molecule has 5 nitrogen and oxygen atoms in total. The average Bonchev–Trinajstić information content (AvgIpc) is 3.17. The number of aromatic nitrogens is 1. The summed E-state index contributed by atoms with van der Waals surface area (Å²) in [5, 5.41) is 8.50. The minimum atomic E-state index is -0.205. The number of amides is 1. The van der Waals surface area contributed by atoms with E-state index in [0.29, 0.717) is 21.5 Å². The van der Waals surface area contributed by atoms with Crippen molar-refractivity contribution in [3.05, 3.63) is 33.0 Å². The largest absolute Gasteiger partial charge is 0.317 e. The molecule has 1 aliphatic rings. The van der Waals surface area contributed by atoms with Gasteiger partial charge in [0.15, 0.2) is 10.9 Å². The number of thiophene rings is 1. The number of anilines is 1. The highest BCUT2D eigenvalue weighted by atomic mass is 32.1. The van der Waals surface area contributed by atoms with Crippen molar-refractivity contribution >= 4 is 39.5 Å². The number of hydrogen-bond donors (Lipinski definition) is 2. The smallest absolute Gasteiger partial charge is 0.267 e. The molecule has 1 amide bonds. The van der Waals surface area contributed by atoms with Gasteiger partial charge in [0.2, 0.25) is 0 Å². The Labute approximate surface area is 136 Å². The maximum atomic E-state index is 12.2. The molecule has 1 fully saturated rings. The summed E-state index contributed by atoms with van der Waals surface area (Å²) in [6.45, 7) is 3.57. The van der Waals surface area contributed by atoms with Crippen molar-refractivity contribution in [2.45, 2.75) is 25.7 Å². The summed E-state index contributed by atoms with van der Waals surface area (Å²) in [7, 11) is 0. The van der Waals surface area contributed by atoms with E-state index in [-0.39, 0.29) is 11.7 Å². The van der Waals surface area contributed by atoms with E-state index >= 15 is 0 Å². The van der Waals surface area contributed by atoms with Crippen molar-refractivity contribution in [2.24, 2.45) is 0 Å². The minimum Gasteiger partial charge on any atom is -0.317 e. The summed E-state index contributed by atoms with van der Waals surface area (Å²) >= 11 is 2.82. The summed E-state index contributed by atoms with van der Waals surface area (Å²) in [4.78, 5) is 29.5. The van der Waals surface area contributed by atoms with Crippen LogP contribution in [0.5, 0.6) is 0 Å². The zero-order valence-electron chi connectivity index (χ0n) is 12.2. The second kappa shape index (κ2) is 6.68. The van der Waals surface area contributed by atoms with E-state index < -0.39 is 0 Å². The Hall–Kier alpha value is -1.57. The quantitative estimate of drug-likeness (QED) is 0.842. The number of Topliss-reactive ketones (excluding diaryl/α,β-unsaturated/α-hetero) is 1. The molecule has 0 atom stereocenters. The van der Waals surface area contributed by atoms with Crippen LogP contribution in [0.1, 0.15) is 50.6 Å². The molecule has 2 aromatic heterocycles. The van der Waals surface area contributed by atoms with Crippen LogP contribution in [0, 0.1) is 0 Å². The molecule has 0 unspecified atom stereocenters. The molecule has 2 N–H and O–H groups in total. The molecule has 0 radical (unpaired) electrons. The van der Waals surface area contributed by atoms with E-state index in [1.165, 1.54) is 23.1 Å². The van der Waals surface area contributed by atoms with Gasteiger partial charge < -0.3 is 5.32 Å². The lowest BCUT2D eigenvalue weighted by Gasteiger charge is -2.20. The summed E-state index contributed by atoms with van der Waals surface area (Å²) in [5.74, 6) is 0.303. The molecule has 0 bridgehead atoms. The monoisotopic (exact) mass is 335 g/mol. The van der Waals surface area contributed by atoms with Crippen molar-refractivity contribution in [3.8, 4) is 0 Å². The van der Waals surface area contributed by atoms with Crippen LogP contribution >= 0.6 is 22.7 Å². The third-order valence-electron chi connectivity index (χ3n) is 3.72. The Kier molecular flexibility index (Phi) is 4.66. The van der Waals surface area contributed by atoms with Crippen LogP contribution < -0.4 is 10.6 Å². The van der Waals surface area contributed by atoms with Gasteiger partial charge in [-0.15, -0.1) is 22.7 Å². The van der Waals surface area contributed by atoms with Gasteiger partial charge in [-0.2, -0.15) is 0 Å². The van der Waals surface area contributed by atoms with Crippen molar-refractivity contribution < 1.29 is 9.59 Å². The highest BCUT2D eigenvalue weighted by Crippen LogP contribution is 2.32. The molecule has 3 heterocycles. The van der Waals surface area contributed by atoms with Crippen LogP contribution in [0.25, 0.3) is 0 Å². The number of piperidine rings is 1. The standard InChI is InChI=1S/C15H17N3O2S2/c1-9(19)11-6-12(21-8-11)14(20)18-15-17-7-13(22-15)10-2-4-16-5-3-10/h6-8,10,16H,2-5H2,1H3,(H,17,18,20). The Balaban J connectivity index is 1.66. The zero-order chi connectivity index (χ0) is 15.5. The Morgan fingerprint density at radius 3 is 2.82 bits per heavy atom. The normalized spacial score (nSPS) is 15.7. The number of nitrogens with zero attached hydrogens (tertiary/aromatic N) is 1. The SMILES string of the molecule is CC(=O)c1csc(C(=O)Nc2ncc(C3CCNCC3)s2)c1. The Bertz CT molecular complexity index is 687. The van der Waals surface area contributed by atoms with Crippen molar-refractivity contribution in [1.29, 1.82) is 0 Å². The van der Waals surface area contributed by atoms with Gasteiger partial charge in [0.25, 0.3) is 5.91 Å². The van der Waals surface area contributed by atoms with Gasteiger partial charge in [-0.3, -0.25) is 14.9 Å². The molecule has 0 spiro atoms. The molecular formula is C15H17N3O2S2. The number of nitrogens with one attached hydrogen (secondary N) is 2. The Morgan fingerprint density at radius 1 is 1.36 bits per heavy atom. The summed E-state index contributed by atoms with van der Waals surface area (Å²) in [6.07, 6.45) is 4.09. The first-order valence-electron chi connectivity index (χ1n) is 7.21. The van der Waals surface area contributed by atoms with Gasteiger partial charge in [0.1, 0.15) is 0 Å². The number of carbonyl (C=O) groups excluding carboxylic acids is 2. The zero-order valence-corrected chi connectivity index (χ0v) is 13.9. The van der Waals surface area contributed by atoms with Gasteiger partial charge in [-0.1, -0.05) is 0 Å². The predicted molar refractivity (Wildman–Crippen MR) is 89.2 cm³/mol. The fraction of sp³-hybridized carbons (Fsp3) is 0.400. The van der Waals surface area contributed by atoms with Gasteiger partial charge >= 0.3 is 0 Å². The predicted octanol–water partition coefficient (Wildman–Crippen LogP) is 3.13. The first-order chi connectivity index (χ1) is 10.6. The lowest BCUT2D eigenvalue weighted by molar-refractivity contribution is 0.101. The number of hydrogen-bond acceptors (Lipinski definition) is 6.